The van der Waals surface area contributed by atoms with Crippen LogP contribution in [0.15, 0.2) is 71.8 Å². The number of hydrogen-bond donors (Lipinski definition) is 1. The summed E-state index contributed by atoms with van der Waals surface area (Å²) >= 11 is 1.43. The Morgan fingerprint density at radius 2 is 1.85 bits per heavy atom. The van der Waals surface area contributed by atoms with Gasteiger partial charge in [-0.15, -0.1) is 0 Å². The molecular weight excluding hydrogens is 373 g/mol. The minimum Gasteiger partial charge on any atom is -0.280 e. The maximum atomic E-state index is 13.3. The highest BCUT2D eigenvalue weighted by atomic mass is 32.2. The highest BCUT2D eigenvalue weighted by Gasteiger charge is 2.15. The summed E-state index contributed by atoms with van der Waals surface area (Å²) in [5.41, 5.74) is 1.93. The molecule has 0 radical (unpaired) electrons. The van der Waals surface area contributed by atoms with Crippen molar-refractivity contribution in [2.75, 3.05) is 4.72 Å². The number of fused-ring (bicyclic) bond motifs is 1. The largest absolute Gasteiger partial charge is 0.280 e. The third-order valence-electron chi connectivity index (χ3n) is 3.63. The molecule has 0 amide bonds. The second kappa shape index (κ2) is 6.47. The summed E-state index contributed by atoms with van der Waals surface area (Å²) in [4.78, 5) is 9.47. The van der Waals surface area contributed by atoms with Crippen molar-refractivity contribution in [1.82, 2.24) is 9.97 Å². The van der Waals surface area contributed by atoms with Gasteiger partial charge in [-0.05, 0) is 42.5 Å². The van der Waals surface area contributed by atoms with E-state index < -0.39 is 15.8 Å². The first-order chi connectivity index (χ1) is 12.5. The van der Waals surface area contributed by atoms with Crippen molar-refractivity contribution in [2.45, 2.75) is 4.90 Å². The molecule has 0 saturated heterocycles. The van der Waals surface area contributed by atoms with Gasteiger partial charge in [-0.1, -0.05) is 29.5 Å². The predicted octanol–water partition coefficient (Wildman–Crippen LogP) is 4.30. The molecule has 0 atom stereocenters. The van der Waals surface area contributed by atoms with Crippen molar-refractivity contribution in [3.05, 3.63) is 72.7 Å². The average molecular weight is 385 g/mol. The van der Waals surface area contributed by atoms with Crippen LogP contribution in [0, 0.1) is 5.82 Å². The fraction of sp³-hybridized carbons (Fsp3) is 0. The molecule has 8 heteroatoms. The second-order valence-electron chi connectivity index (χ2n) is 5.49. The molecule has 2 aromatic heterocycles. The van der Waals surface area contributed by atoms with Gasteiger partial charge in [-0.25, -0.2) is 22.8 Å². The molecule has 4 rings (SSSR count). The Bertz CT molecular complexity index is 1170. The van der Waals surface area contributed by atoms with Crippen LogP contribution in [0.25, 0.3) is 20.9 Å². The van der Waals surface area contributed by atoms with Gasteiger partial charge in [0.15, 0.2) is 0 Å². The standard InChI is InChI=1S/C18H12FN3O2S2/c19-13-5-2-7-15(11-13)26(23,24)22-14-6-1-4-12(10-14)17-21-16-8-3-9-20-18(16)25-17/h1-11,22H. The quantitative estimate of drug-likeness (QED) is 0.569. The summed E-state index contributed by atoms with van der Waals surface area (Å²) in [7, 11) is -3.88. The third kappa shape index (κ3) is 3.29. The molecule has 5 nitrogen and oxygen atoms in total. The number of thiazole rings is 1. The van der Waals surface area contributed by atoms with Crippen LogP contribution in [0.1, 0.15) is 0 Å². The maximum Gasteiger partial charge on any atom is 0.261 e. The van der Waals surface area contributed by atoms with E-state index >= 15 is 0 Å². The van der Waals surface area contributed by atoms with Crippen molar-refractivity contribution in [2.24, 2.45) is 0 Å². The fourth-order valence-electron chi connectivity index (χ4n) is 2.46. The molecule has 26 heavy (non-hydrogen) atoms. The predicted molar refractivity (Wildman–Crippen MR) is 100 cm³/mol. The fourth-order valence-corrected chi connectivity index (χ4v) is 4.44. The SMILES string of the molecule is O=S(=O)(Nc1cccc(-c2nc3cccnc3s2)c1)c1cccc(F)c1. The second-order valence-corrected chi connectivity index (χ2v) is 8.15. The van der Waals surface area contributed by atoms with E-state index in [1.807, 2.05) is 18.2 Å². The van der Waals surface area contributed by atoms with E-state index in [0.29, 0.717) is 5.69 Å². The van der Waals surface area contributed by atoms with Gasteiger partial charge in [-0.2, -0.15) is 0 Å². The number of pyridine rings is 1. The molecular formula is C18H12FN3O2S2. The average Bonchev–Trinajstić information content (AvgIpc) is 3.06. The number of hydrogen-bond acceptors (Lipinski definition) is 5. The molecule has 130 valence electrons. The lowest BCUT2D eigenvalue weighted by molar-refractivity contribution is 0.595. The Morgan fingerprint density at radius 3 is 2.65 bits per heavy atom. The smallest absolute Gasteiger partial charge is 0.261 e. The van der Waals surface area contributed by atoms with Gasteiger partial charge in [-0.3, -0.25) is 4.72 Å². The normalized spacial score (nSPS) is 11.6. The molecule has 0 unspecified atom stereocenters. The Balaban J connectivity index is 1.67. The van der Waals surface area contributed by atoms with Crippen LogP contribution >= 0.6 is 11.3 Å². The zero-order valence-corrected chi connectivity index (χ0v) is 14.9. The monoisotopic (exact) mass is 385 g/mol. The van der Waals surface area contributed by atoms with Gasteiger partial charge in [0.05, 0.1) is 4.90 Å². The zero-order valence-electron chi connectivity index (χ0n) is 13.3. The first-order valence-corrected chi connectivity index (χ1v) is 9.92. The topological polar surface area (TPSA) is 72.0 Å². The molecule has 0 aliphatic carbocycles. The van der Waals surface area contributed by atoms with E-state index in [1.165, 1.54) is 29.5 Å². The maximum absolute atomic E-state index is 13.3. The lowest BCUT2D eigenvalue weighted by Crippen LogP contribution is -2.13. The summed E-state index contributed by atoms with van der Waals surface area (Å²) in [5.74, 6) is -0.608. The molecule has 0 saturated carbocycles. The highest BCUT2D eigenvalue weighted by molar-refractivity contribution is 7.92. The van der Waals surface area contributed by atoms with Crippen LogP contribution < -0.4 is 4.72 Å². The van der Waals surface area contributed by atoms with Gasteiger partial charge in [0.25, 0.3) is 10.0 Å². The third-order valence-corrected chi connectivity index (χ3v) is 6.04. The number of benzene rings is 2. The molecule has 0 bridgehead atoms. The molecule has 4 aromatic rings. The minimum atomic E-state index is -3.88. The van der Waals surface area contributed by atoms with Gasteiger partial charge >= 0.3 is 0 Å². The Labute approximate surface area is 153 Å². The Hall–Kier alpha value is -2.84. The summed E-state index contributed by atoms with van der Waals surface area (Å²) in [6.45, 7) is 0. The van der Waals surface area contributed by atoms with Crippen LogP contribution in [0.4, 0.5) is 10.1 Å². The summed E-state index contributed by atoms with van der Waals surface area (Å²) in [6, 6.07) is 15.5. The summed E-state index contributed by atoms with van der Waals surface area (Å²) < 4.78 is 40.7. The van der Waals surface area contributed by atoms with E-state index in [9.17, 15) is 12.8 Å². The molecule has 0 aliphatic heterocycles. The lowest BCUT2D eigenvalue weighted by Gasteiger charge is -2.09. The number of sulfonamides is 1. The van der Waals surface area contributed by atoms with Crippen LogP contribution in [0.2, 0.25) is 0 Å². The van der Waals surface area contributed by atoms with Crippen LogP contribution in [-0.2, 0) is 10.0 Å². The number of halogens is 1. The summed E-state index contributed by atoms with van der Waals surface area (Å²) in [6.07, 6.45) is 1.70. The van der Waals surface area contributed by atoms with Crippen molar-refractivity contribution in [1.29, 1.82) is 0 Å². The molecule has 2 heterocycles. The lowest BCUT2D eigenvalue weighted by atomic mass is 10.2. The van der Waals surface area contributed by atoms with E-state index in [4.69, 9.17) is 0 Å². The summed E-state index contributed by atoms with van der Waals surface area (Å²) in [5, 5.41) is 0.741. The van der Waals surface area contributed by atoms with Crippen molar-refractivity contribution in [3.63, 3.8) is 0 Å². The number of rotatable bonds is 4. The van der Waals surface area contributed by atoms with E-state index in [0.717, 1.165) is 27.0 Å². The van der Waals surface area contributed by atoms with Crippen LogP contribution in [0.3, 0.4) is 0 Å². The van der Waals surface area contributed by atoms with Gasteiger partial charge in [0, 0.05) is 17.4 Å². The molecule has 0 fully saturated rings. The van der Waals surface area contributed by atoms with Crippen molar-refractivity contribution in [3.8, 4) is 10.6 Å². The zero-order chi connectivity index (χ0) is 18.1. The highest BCUT2D eigenvalue weighted by Crippen LogP contribution is 2.30. The Morgan fingerprint density at radius 1 is 1.00 bits per heavy atom. The van der Waals surface area contributed by atoms with Crippen LogP contribution in [-0.4, -0.2) is 18.4 Å². The molecule has 0 spiro atoms. The molecule has 1 N–H and O–H groups in total. The van der Waals surface area contributed by atoms with Crippen LogP contribution in [0.5, 0.6) is 0 Å². The Kier molecular flexibility index (Phi) is 4.14. The first kappa shape index (κ1) is 16.6. The number of nitrogens with zero attached hydrogens (tertiary/aromatic N) is 2. The van der Waals surface area contributed by atoms with E-state index in [1.54, 1.807) is 24.4 Å². The van der Waals surface area contributed by atoms with Crippen molar-refractivity contribution >= 4 is 37.4 Å². The van der Waals surface area contributed by atoms with E-state index in [-0.39, 0.29) is 4.90 Å². The van der Waals surface area contributed by atoms with Gasteiger partial charge < -0.3 is 0 Å². The number of nitrogens with one attached hydrogen (secondary N) is 1. The van der Waals surface area contributed by atoms with Gasteiger partial charge in [0.1, 0.15) is 21.2 Å². The molecule has 0 aliphatic rings. The van der Waals surface area contributed by atoms with Gasteiger partial charge in [0.2, 0.25) is 0 Å². The molecule has 2 aromatic carbocycles. The minimum absolute atomic E-state index is 0.132. The first-order valence-electron chi connectivity index (χ1n) is 7.62. The van der Waals surface area contributed by atoms with E-state index in [2.05, 4.69) is 14.7 Å². The van der Waals surface area contributed by atoms with Crippen molar-refractivity contribution < 1.29 is 12.8 Å². The number of anilines is 1. The number of aromatic nitrogens is 2.